The van der Waals surface area contributed by atoms with Crippen molar-refractivity contribution in [3.05, 3.63) is 46.4 Å². The van der Waals surface area contributed by atoms with E-state index in [-0.39, 0.29) is 29.3 Å². The second kappa shape index (κ2) is 13.2. The van der Waals surface area contributed by atoms with Crippen LogP contribution in [-0.4, -0.2) is 26.7 Å². The van der Waals surface area contributed by atoms with E-state index < -0.39 is 14.5 Å². The van der Waals surface area contributed by atoms with Gasteiger partial charge in [0.1, 0.15) is 5.75 Å². The number of hydrogen-bond acceptors (Lipinski definition) is 4. The van der Waals surface area contributed by atoms with Crippen molar-refractivity contribution in [1.29, 1.82) is 10.8 Å². The molecule has 2 aromatic carbocycles. The molecule has 0 unspecified atom stereocenters. The maximum absolute atomic E-state index is 9.75. The molecular formula is C18H20B2F8N4O2. The summed E-state index contributed by atoms with van der Waals surface area (Å²) in [6.45, 7) is 7.58. The molecule has 16 heteroatoms. The third-order valence-corrected chi connectivity index (χ3v) is 3.19. The van der Waals surface area contributed by atoms with Gasteiger partial charge in [0, 0.05) is 6.07 Å². The smallest absolute Gasteiger partial charge is 0.491 e. The number of benzene rings is 2. The van der Waals surface area contributed by atoms with Crippen molar-refractivity contribution in [3.8, 4) is 22.6 Å². The van der Waals surface area contributed by atoms with Crippen LogP contribution in [0.2, 0.25) is 0 Å². The predicted molar refractivity (Wildman–Crippen MR) is 113 cm³/mol. The third kappa shape index (κ3) is 13.8. The lowest BCUT2D eigenvalue weighted by Crippen LogP contribution is -2.06. The number of rotatable bonds is 5. The minimum atomic E-state index is -6.00. The van der Waals surface area contributed by atoms with Gasteiger partial charge in [0.05, 0.1) is 17.8 Å². The van der Waals surface area contributed by atoms with E-state index in [9.17, 15) is 39.9 Å². The second-order valence-corrected chi connectivity index (χ2v) is 6.86. The number of diazo groups is 2. The van der Waals surface area contributed by atoms with Crippen LogP contribution in [0.15, 0.2) is 36.4 Å². The molecule has 0 heterocycles. The number of nitrogens with zero attached hydrogens (tertiary/aromatic N) is 4. The molecular weight excluding hydrogens is 478 g/mol. The first-order valence-electron chi connectivity index (χ1n) is 9.51. The molecule has 2 aromatic rings. The van der Waals surface area contributed by atoms with Crippen LogP contribution in [0.4, 0.5) is 45.9 Å². The van der Waals surface area contributed by atoms with E-state index in [1.165, 1.54) is 0 Å². The Labute approximate surface area is 190 Å². The topological polar surface area (TPSA) is 74.8 Å². The normalized spacial score (nSPS) is 10.8. The monoisotopic (exact) mass is 498 g/mol. The fraction of sp³-hybridized carbons (Fsp3) is 0.333. The van der Waals surface area contributed by atoms with Crippen molar-refractivity contribution < 1.29 is 44.0 Å². The van der Waals surface area contributed by atoms with Crippen LogP contribution in [0, 0.1) is 10.8 Å². The number of halogens is 8. The Morgan fingerprint density at radius 1 is 0.735 bits per heavy atom. The zero-order valence-corrected chi connectivity index (χ0v) is 18.4. The van der Waals surface area contributed by atoms with E-state index in [0.717, 1.165) is 5.56 Å². The standard InChI is InChI=1S/C18H20N4O2.2BF4/c1-11(2)23-14-7-5-6-13(10-14)15-8-9-16(21-19)18(17(15)22-20)24-12(3)4;2*2-1(3,4)5/h5-12H,1-4H3;;/q+2;2*-1. The molecule has 0 aliphatic carbocycles. The lowest BCUT2D eigenvalue weighted by Gasteiger charge is -2.11. The Hall–Kier alpha value is -3.55. The van der Waals surface area contributed by atoms with E-state index in [1.807, 2.05) is 52.0 Å². The summed E-state index contributed by atoms with van der Waals surface area (Å²) >= 11 is 0. The largest absolute Gasteiger partial charge is 0.673 e. The van der Waals surface area contributed by atoms with Gasteiger partial charge in [0.15, 0.2) is 9.95 Å². The van der Waals surface area contributed by atoms with E-state index in [1.54, 1.807) is 12.1 Å². The summed E-state index contributed by atoms with van der Waals surface area (Å²) < 4.78 is 89.4. The van der Waals surface area contributed by atoms with E-state index in [2.05, 4.69) is 9.95 Å². The summed E-state index contributed by atoms with van der Waals surface area (Å²) in [6.07, 6.45) is -0.116. The van der Waals surface area contributed by atoms with Crippen LogP contribution in [0.25, 0.3) is 21.1 Å². The highest BCUT2D eigenvalue weighted by Gasteiger charge is 2.33. The Bertz CT molecular complexity index is 995. The van der Waals surface area contributed by atoms with Crippen molar-refractivity contribution in [1.82, 2.24) is 0 Å². The molecule has 0 bridgehead atoms. The molecule has 0 saturated carbocycles. The van der Waals surface area contributed by atoms with Gasteiger partial charge in [-0.05, 0) is 51.5 Å². The van der Waals surface area contributed by atoms with Crippen molar-refractivity contribution in [3.63, 3.8) is 0 Å². The molecule has 0 saturated heterocycles. The summed E-state index contributed by atoms with van der Waals surface area (Å²) in [5.41, 5.74) is 1.87. The summed E-state index contributed by atoms with van der Waals surface area (Å²) in [4.78, 5) is 6.57. The van der Waals surface area contributed by atoms with Gasteiger partial charge in [-0.15, -0.1) is 0 Å². The van der Waals surface area contributed by atoms with Crippen LogP contribution in [0.3, 0.4) is 0 Å². The van der Waals surface area contributed by atoms with Crippen LogP contribution < -0.4 is 9.47 Å². The minimum Gasteiger partial charge on any atom is -0.491 e. The Balaban J connectivity index is 0.000000916. The molecule has 0 N–H and O–H groups in total. The first kappa shape index (κ1) is 30.4. The van der Waals surface area contributed by atoms with Crippen molar-refractivity contribution in [2.75, 3.05) is 0 Å². The van der Waals surface area contributed by atoms with Gasteiger partial charge in [-0.25, -0.2) is 0 Å². The van der Waals surface area contributed by atoms with E-state index in [4.69, 9.17) is 14.9 Å². The third-order valence-electron chi connectivity index (χ3n) is 3.19. The summed E-state index contributed by atoms with van der Waals surface area (Å²) in [5, 5.41) is 18.7. The first-order chi connectivity index (χ1) is 15.5. The molecule has 0 aromatic heterocycles. The minimum absolute atomic E-state index is 0.0534. The highest BCUT2D eigenvalue weighted by atomic mass is 19.5. The molecule has 0 atom stereocenters. The number of ether oxygens (including phenoxy) is 2. The molecule has 0 aliphatic heterocycles. The van der Waals surface area contributed by atoms with Gasteiger partial charge in [-0.3, -0.25) is 0 Å². The molecule has 6 nitrogen and oxygen atoms in total. The van der Waals surface area contributed by atoms with Gasteiger partial charge >= 0.3 is 31.6 Å². The summed E-state index contributed by atoms with van der Waals surface area (Å²) in [5.74, 6) is 0.941. The maximum atomic E-state index is 9.75. The van der Waals surface area contributed by atoms with Gasteiger partial charge < -0.3 is 44.0 Å². The predicted octanol–water partition coefficient (Wildman–Crippen LogP) is 8.50. The van der Waals surface area contributed by atoms with Gasteiger partial charge in [0.2, 0.25) is 10.8 Å². The zero-order chi connectivity index (χ0) is 26.7. The van der Waals surface area contributed by atoms with Gasteiger partial charge in [-0.1, -0.05) is 12.1 Å². The maximum Gasteiger partial charge on any atom is 0.673 e. The van der Waals surface area contributed by atoms with Crippen molar-refractivity contribution in [2.24, 2.45) is 0 Å². The van der Waals surface area contributed by atoms with E-state index >= 15 is 0 Å². The fourth-order valence-electron chi connectivity index (χ4n) is 2.33. The quantitative estimate of drug-likeness (QED) is 0.236. The lowest BCUT2D eigenvalue weighted by molar-refractivity contribution is 0.242. The Kier molecular flexibility index (Phi) is 11.8. The molecule has 186 valence electrons. The summed E-state index contributed by atoms with van der Waals surface area (Å²) in [7, 11) is -12.0. The molecule has 0 fully saturated rings. The average molecular weight is 498 g/mol. The summed E-state index contributed by atoms with van der Waals surface area (Å²) in [6, 6.07) is 10.8. The molecule has 2 rings (SSSR count). The number of hydrogen-bond donors (Lipinski definition) is 0. The van der Waals surface area contributed by atoms with Gasteiger partial charge in [0.25, 0.3) is 0 Å². The molecule has 0 aliphatic rings. The van der Waals surface area contributed by atoms with Crippen LogP contribution in [0.5, 0.6) is 11.5 Å². The first-order valence-corrected chi connectivity index (χ1v) is 9.51. The average Bonchev–Trinajstić information content (AvgIpc) is 2.64. The lowest BCUT2D eigenvalue weighted by atomic mass is 10.0. The Morgan fingerprint density at radius 3 is 1.65 bits per heavy atom. The Morgan fingerprint density at radius 2 is 1.24 bits per heavy atom. The molecule has 0 amide bonds. The van der Waals surface area contributed by atoms with Crippen molar-refractivity contribution >= 4 is 25.9 Å². The van der Waals surface area contributed by atoms with Crippen molar-refractivity contribution in [2.45, 2.75) is 39.9 Å². The van der Waals surface area contributed by atoms with Gasteiger partial charge in [-0.2, -0.15) is 0 Å². The highest BCUT2D eigenvalue weighted by Crippen LogP contribution is 2.45. The molecule has 0 radical (unpaired) electrons. The second-order valence-electron chi connectivity index (χ2n) is 6.86. The SMILES string of the molecule is CC(C)Oc1cccc(-c2ccc([N+]#N)c(OC(C)C)c2[N+]#N)c1.F[B-](F)(F)F.F[B-](F)(F)F. The fourth-order valence-corrected chi connectivity index (χ4v) is 2.33. The van der Waals surface area contributed by atoms with Crippen LogP contribution >= 0.6 is 0 Å². The van der Waals surface area contributed by atoms with Crippen LogP contribution in [0.1, 0.15) is 27.7 Å². The highest BCUT2D eigenvalue weighted by molar-refractivity contribution is 6.50. The zero-order valence-electron chi connectivity index (χ0n) is 18.4. The van der Waals surface area contributed by atoms with Crippen LogP contribution in [-0.2, 0) is 0 Å². The molecule has 0 spiro atoms. The van der Waals surface area contributed by atoms with E-state index in [0.29, 0.717) is 11.3 Å². The molecule has 34 heavy (non-hydrogen) atoms.